The number of aromatic nitrogens is 2. The van der Waals surface area contributed by atoms with Crippen LogP contribution in [0.2, 0.25) is 0 Å². The molecule has 114 valence electrons. The van der Waals surface area contributed by atoms with E-state index in [4.69, 9.17) is 9.15 Å². The van der Waals surface area contributed by atoms with Crippen LogP contribution in [0.15, 0.2) is 28.7 Å². The van der Waals surface area contributed by atoms with E-state index in [1.165, 1.54) is 0 Å². The number of anilines is 1. The van der Waals surface area contributed by atoms with Gasteiger partial charge >= 0.3 is 6.01 Å². The van der Waals surface area contributed by atoms with E-state index in [9.17, 15) is 0 Å². The molecule has 0 amide bonds. The van der Waals surface area contributed by atoms with Crippen LogP contribution in [0.1, 0.15) is 25.3 Å². The average Bonchev–Trinajstić information content (AvgIpc) is 2.94. The van der Waals surface area contributed by atoms with Crippen LogP contribution in [0, 0.1) is 0 Å². The quantitative estimate of drug-likeness (QED) is 0.843. The molecular formula is C15H22N4O2. The van der Waals surface area contributed by atoms with Gasteiger partial charge in [-0.3, -0.25) is 0 Å². The highest BCUT2D eigenvalue weighted by Crippen LogP contribution is 2.17. The van der Waals surface area contributed by atoms with Gasteiger partial charge in [0.1, 0.15) is 5.75 Å². The van der Waals surface area contributed by atoms with Crippen molar-refractivity contribution >= 4 is 6.01 Å². The zero-order valence-electron chi connectivity index (χ0n) is 13.0. The third-order valence-corrected chi connectivity index (χ3v) is 3.00. The number of hydrogen-bond acceptors (Lipinski definition) is 6. The molecule has 21 heavy (non-hydrogen) atoms. The summed E-state index contributed by atoms with van der Waals surface area (Å²) in [7, 11) is 3.58. The molecule has 2 aromatic rings. The van der Waals surface area contributed by atoms with Crippen LogP contribution in [0.3, 0.4) is 0 Å². The number of nitrogens with zero attached hydrogens (tertiary/aromatic N) is 3. The lowest BCUT2D eigenvalue weighted by Crippen LogP contribution is -2.22. The van der Waals surface area contributed by atoms with E-state index >= 15 is 0 Å². The first-order valence-electron chi connectivity index (χ1n) is 6.98. The fourth-order valence-corrected chi connectivity index (χ4v) is 1.87. The van der Waals surface area contributed by atoms with Gasteiger partial charge in [-0.25, -0.2) is 0 Å². The molecule has 0 spiro atoms. The second-order valence-electron chi connectivity index (χ2n) is 5.22. The van der Waals surface area contributed by atoms with Crippen molar-refractivity contribution in [2.45, 2.75) is 33.0 Å². The summed E-state index contributed by atoms with van der Waals surface area (Å²) in [5.41, 5.74) is 1.12. The fraction of sp³-hybridized carbons (Fsp3) is 0.467. The molecule has 0 aliphatic heterocycles. The molecule has 0 unspecified atom stereocenters. The Kier molecular flexibility index (Phi) is 5.16. The summed E-state index contributed by atoms with van der Waals surface area (Å²) in [5, 5.41) is 11.4. The predicted octanol–water partition coefficient (Wildman–Crippen LogP) is 2.21. The highest BCUT2D eigenvalue weighted by molar-refractivity contribution is 5.32. The SMILES string of the molecule is COc1cccc(CN(C)c2nnc(CNC(C)C)o2)c1. The van der Waals surface area contributed by atoms with Gasteiger partial charge in [-0.15, -0.1) is 5.10 Å². The minimum absolute atomic E-state index is 0.384. The fourth-order valence-electron chi connectivity index (χ4n) is 1.87. The highest BCUT2D eigenvalue weighted by atomic mass is 16.5. The van der Waals surface area contributed by atoms with Gasteiger partial charge < -0.3 is 19.4 Å². The molecule has 0 saturated carbocycles. The van der Waals surface area contributed by atoms with Gasteiger partial charge in [0.2, 0.25) is 5.89 Å². The van der Waals surface area contributed by atoms with Crippen LogP contribution in [0.5, 0.6) is 5.75 Å². The summed E-state index contributed by atoms with van der Waals surface area (Å²) >= 11 is 0. The van der Waals surface area contributed by atoms with E-state index in [2.05, 4.69) is 29.4 Å². The molecule has 1 aromatic carbocycles. The van der Waals surface area contributed by atoms with Crippen molar-refractivity contribution in [3.05, 3.63) is 35.7 Å². The maximum atomic E-state index is 5.63. The summed E-state index contributed by atoms with van der Waals surface area (Å²) in [6.07, 6.45) is 0. The smallest absolute Gasteiger partial charge is 0.318 e. The van der Waals surface area contributed by atoms with Crippen LogP contribution in [-0.4, -0.2) is 30.4 Å². The standard InChI is InChI=1S/C15H22N4O2/c1-11(2)16-9-14-17-18-15(21-14)19(3)10-12-6-5-7-13(8-12)20-4/h5-8,11,16H,9-10H2,1-4H3. The number of hydrogen-bond donors (Lipinski definition) is 1. The van der Waals surface area contributed by atoms with Gasteiger partial charge in [0.05, 0.1) is 13.7 Å². The van der Waals surface area contributed by atoms with Crippen molar-refractivity contribution < 1.29 is 9.15 Å². The molecule has 1 N–H and O–H groups in total. The average molecular weight is 290 g/mol. The first kappa shape index (κ1) is 15.3. The maximum Gasteiger partial charge on any atom is 0.318 e. The number of benzene rings is 1. The first-order valence-corrected chi connectivity index (χ1v) is 6.98. The minimum Gasteiger partial charge on any atom is -0.497 e. The monoisotopic (exact) mass is 290 g/mol. The second-order valence-corrected chi connectivity index (χ2v) is 5.22. The Morgan fingerprint density at radius 3 is 2.86 bits per heavy atom. The third-order valence-electron chi connectivity index (χ3n) is 3.00. The molecule has 1 aromatic heterocycles. The van der Waals surface area contributed by atoms with E-state index in [1.807, 2.05) is 36.2 Å². The lowest BCUT2D eigenvalue weighted by Gasteiger charge is -2.14. The molecule has 0 aliphatic rings. The molecule has 0 aliphatic carbocycles. The van der Waals surface area contributed by atoms with E-state index in [1.54, 1.807) is 7.11 Å². The van der Waals surface area contributed by atoms with Gasteiger partial charge in [-0.2, -0.15) is 0 Å². The highest BCUT2D eigenvalue weighted by Gasteiger charge is 2.11. The van der Waals surface area contributed by atoms with Crippen LogP contribution in [0.25, 0.3) is 0 Å². The van der Waals surface area contributed by atoms with Crippen molar-refractivity contribution in [2.24, 2.45) is 0 Å². The lowest BCUT2D eigenvalue weighted by molar-refractivity contribution is 0.414. The molecular weight excluding hydrogens is 268 g/mol. The Morgan fingerprint density at radius 1 is 1.33 bits per heavy atom. The van der Waals surface area contributed by atoms with Gasteiger partial charge in [-0.1, -0.05) is 31.1 Å². The molecule has 6 nitrogen and oxygen atoms in total. The molecule has 0 radical (unpaired) electrons. The zero-order valence-corrected chi connectivity index (χ0v) is 13.0. The number of ether oxygens (including phenoxy) is 1. The van der Waals surface area contributed by atoms with Gasteiger partial charge in [0.15, 0.2) is 0 Å². The zero-order chi connectivity index (χ0) is 15.2. The van der Waals surface area contributed by atoms with E-state index in [0.29, 0.717) is 31.0 Å². The Hall–Kier alpha value is -2.08. The Labute approximate surface area is 125 Å². The Bertz CT molecular complexity index is 568. The Morgan fingerprint density at radius 2 is 2.14 bits per heavy atom. The largest absolute Gasteiger partial charge is 0.497 e. The molecule has 0 saturated heterocycles. The number of nitrogens with one attached hydrogen (secondary N) is 1. The van der Waals surface area contributed by atoms with Gasteiger partial charge in [0.25, 0.3) is 0 Å². The summed E-state index contributed by atoms with van der Waals surface area (Å²) in [4.78, 5) is 1.92. The van der Waals surface area contributed by atoms with Crippen molar-refractivity contribution in [1.29, 1.82) is 0 Å². The number of methoxy groups -OCH3 is 1. The van der Waals surface area contributed by atoms with Crippen LogP contribution in [-0.2, 0) is 13.1 Å². The third kappa shape index (κ3) is 4.46. The van der Waals surface area contributed by atoms with E-state index in [0.717, 1.165) is 11.3 Å². The summed E-state index contributed by atoms with van der Waals surface area (Å²) in [6, 6.07) is 8.82. The topological polar surface area (TPSA) is 63.4 Å². The molecule has 0 atom stereocenters. The van der Waals surface area contributed by atoms with Crippen LogP contribution >= 0.6 is 0 Å². The van der Waals surface area contributed by atoms with Gasteiger partial charge in [-0.05, 0) is 17.7 Å². The van der Waals surface area contributed by atoms with Gasteiger partial charge in [0, 0.05) is 19.6 Å². The van der Waals surface area contributed by atoms with Crippen molar-refractivity contribution in [3.8, 4) is 5.75 Å². The minimum atomic E-state index is 0.384. The summed E-state index contributed by atoms with van der Waals surface area (Å²) < 4.78 is 10.9. The molecule has 0 fully saturated rings. The van der Waals surface area contributed by atoms with Crippen LogP contribution < -0.4 is 15.0 Å². The predicted molar refractivity (Wildman–Crippen MR) is 81.4 cm³/mol. The van der Waals surface area contributed by atoms with Crippen molar-refractivity contribution in [2.75, 3.05) is 19.1 Å². The van der Waals surface area contributed by atoms with Crippen molar-refractivity contribution in [3.63, 3.8) is 0 Å². The Balaban J connectivity index is 1.97. The maximum absolute atomic E-state index is 5.63. The van der Waals surface area contributed by atoms with E-state index < -0.39 is 0 Å². The summed E-state index contributed by atoms with van der Waals surface area (Å²) in [6.45, 7) is 5.41. The van der Waals surface area contributed by atoms with Crippen LogP contribution in [0.4, 0.5) is 6.01 Å². The summed E-state index contributed by atoms with van der Waals surface area (Å²) in [5.74, 6) is 1.43. The number of rotatable bonds is 7. The molecule has 6 heteroatoms. The molecule has 2 rings (SSSR count). The second kappa shape index (κ2) is 7.08. The van der Waals surface area contributed by atoms with Crippen molar-refractivity contribution in [1.82, 2.24) is 15.5 Å². The molecule has 1 heterocycles. The normalized spacial score (nSPS) is 10.9. The van der Waals surface area contributed by atoms with E-state index in [-0.39, 0.29) is 0 Å². The molecule has 0 bridgehead atoms. The first-order chi connectivity index (χ1) is 10.1. The lowest BCUT2D eigenvalue weighted by atomic mass is 10.2.